The highest BCUT2D eigenvalue weighted by Crippen LogP contribution is 2.20. The molecule has 2 N–H and O–H groups in total. The lowest BCUT2D eigenvalue weighted by atomic mass is 10.1. The molecule has 136 valence electrons. The molecule has 0 fully saturated rings. The third kappa shape index (κ3) is 5.86. The van der Waals surface area contributed by atoms with E-state index in [0.717, 1.165) is 5.56 Å². The minimum absolute atomic E-state index is 0.0639. The van der Waals surface area contributed by atoms with Crippen molar-refractivity contribution in [1.29, 1.82) is 0 Å². The maximum absolute atomic E-state index is 11.2. The molecule has 0 amide bonds. The molecule has 2 aromatic rings. The second-order valence-electron chi connectivity index (χ2n) is 5.16. The van der Waals surface area contributed by atoms with Crippen LogP contribution < -0.4 is 0 Å². The number of pyridine rings is 1. The largest absolute Gasteiger partial charge is 0.490 e. The molecule has 2 rings (SSSR count). The Morgan fingerprint density at radius 2 is 1.84 bits per heavy atom. The average Bonchev–Trinajstić information content (AvgIpc) is 2.96. The molecule has 1 atom stereocenters. The molecule has 0 aliphatic heterocycles. The SMILES string of the molecule is CC(C)C(C(=O)O)n1cc(-c2cccnc2)nn1.O=C(O)C(F)(F)F. The Balaban J connectivity index is 0.000000381. The van der Waals surface area contributed by atoms with E-state index in [4.69, 9.17) is 9.90 Å². The van der Waals surface area contributed by atoms with Crippen LogP contribution in [0.15, 0.2) is 30.7 Å². The van der Waals surface area contributed by atoms with E-state index in [9.17, 15) is 23.1 Å². The van der Waals surface area contributed by atoms with Gasteiger partial charge in [0.1, 0.15) is 5.69 Å². The molecule has 8 nitrogen and oxygen atoms in total. The molecule has 1 unspecified atom stereocenters. The van der Waals surface area contributed by atoms with Gasteiger partial charge in [0.05, 0.1) is 6.20 Å². The van der Waals surface area contributed by atoms with Gasteiger partial charge in [-0.15, -0.1) is 5.10 Å². The molecular formula is C14H15F3N4O4. The molecular weight excluding hydrogens is 345 g/mol. The first-order valence-electron chi connectivity index (χ1n) is 6.89. The van der Waals surface area contributed by atoms with Crippen molar-refractivity contribution in [3.05, 3.63) is 30.7 Å². The minimum atomic E-state index is -5.08. The van der Waals surface area contributed by atoms with Gasteiger partial charge in [0.25, 0.3) is 0 Å². The number of rotatable bonds is 4. The number of alkyl halides is 3. The molecule has 0 saturated carbocycles. The third-order valence-electron chi connectivity index (χ3n) is 2.88. The van der Waals surface area contributed by atoms with Crippen LogP contribution in [0.3, 0.4) is 0 Å². The quantitative estimate of drug-likeness (QED) is 0.858. The molecule has 0 spiro atoms. The minimum Gasteiger partial charge on any atom is -0.480 e. The maximum Gasteiger partial charge on any atom is 0.490 e. The topological polar surface area (TPSA) is 118 Å². The second-order valence-corrected chi connectivity index (χ2v) is 5.16. The molecule has 0 aliphatic carbocycles. The van der Waals surface area contributed by atoms with E-state index >= 15 is 0 Å². The summed E-state index contributed by atoms with van der Waals surface area (Å²) in [5.41, 5.74) is 1.44. The van der Waals surface area contributed by atoms with Crippen molar-refractivity contribution in [2.45, 2.75) is 26.1 Å². The number of carboxylic acid groups (broad SMARTS) is 2. The monoisotopic (exact) mass is 360 g/mol. The van der Waals surface area contributed by atoms with Crippen LogP contribution in [0, 0.1) is 5.92 Å². The Morgan fingerprint density at radius 1 is 1.24 bits per heavy atom. The van der Waals surface area contributed by atoms with Crippen LogP contribution in [0.25, 0.3) is 11.3 Å². The molecule has 0 radical (unpaired) electrons. The lowest BCUT2D eigenvalue weighted by Gasteiger charge is -2.15. The van der Waals surface area contributed by atoms with Gasteiger partial charge in [-0.3, -0.25) is 4.98 Å². The molecule has 2 aromatic heterocycles. The number of halogens is 3. The van der Waals surface area contributed by atoms with Crippen molar-refractivity contribution in [3.8, 4) is 11.3 Å². The predicted molar refractivity (Wildman–Crippen MR) is 78.5 cm³/mol. The normalized spacial score (nSPS) is 12.2. The molecule has 11 heteroatoms. The first-order valence-corrected chi connectivity index (χ1v) is 6.89. The van der Waals surface area contributed by atoms with E-state index in [1.807, 2.05) is 19.9 Å². The summed E-state index contributed by atoms with van der Waals surface area (Å²) in [5, 5.41) is 24.2. The van der Waals surface area contributed by atoms with Gasteiger partial charge >= 0.3 is 18.1 Å². The van der Waals surface area contributed by atoms with E-state index in [1.54, 1.807) is 24.7 Å². The average molecular weight is 360 g/mol. The van der Waals surface area contributed by atoms with Gasteiger partial charge in [-0.25, -0.2) is 14.3 Å². The van der Waals surface area contributed by atoms with E-state index < -0.39 is 24.2 Å². The van der Waals surface area contributed by atoms with Crippen LogP contribution in [0.2, 0.25) is 0 Å². The summed E-state index contributed by atoms with van der Waals surface area (Å²) in [5.74, 6) is -3.73. The zero-order chi connectivity index (χ0) is 19.2. The van der Waals surface area contributed by atoms with Crippen molar-refractivity contribution in [2.75, 3.05) is 0 Å². The van der Waals surface area contributed by atoms with Crippen LogP contribution >= 0.6 is 0 Å². The molecule has 0 aromatic carbocycles. The fourth-order valence-electron chi connectivity index (χ4n) is 1.76. The Kier molecular flexibility index (Phi) is 6.60. The van der Waals surface area contributed by atoms with Crippen molar-refractivity contribution in [1.82, 2.24) is 20.0 Å². The number of aromatic nitrogens is 4. The number of nitrogens with zero attached hydrogens (tertiary/aromatic N) is 4. The predicted octanol–water partition coefficient (Wildman–Crippen LogP) is 2.26. The maximum atomic E-state index is 11.2. The fraction of sp³-hybridized carbons (Fsp3) is 0.357. The molecule has 2 heterocycles. The van der Waals surface area contributed by atoms with Crippen LogP contribution in [0.4, 0.5) is 13.2 Å². The van der Waals surface area contributed by atoms with Crippen LogP contribution in [0.5, 0.6) is 0 Å². The first kappa shape index (κ1) is 20.1. The molecule has 0 saturated heterocycles. The lowest BCUT2D eigenvalue weighted by Crippen LogP contribution is -2.24. The summed E-state index contributed by atoms with van der Waals surface area (Å²) < 4.78 is 33.1. The van der Waals surface area contributed by atoms with E-state index in [0.29, 0.717) is 5.69 Å². The van der Waals surface area contributed by atoms with Crippen molar-refractivity contribution < 1.29 is 33.0 Å². The van der Waals surface area contributed by atoms with Crippen LogP contribution in [-0.4, -0.2) is 48.3 Å². The van der Waals surface area contributed by atoms with Crippen molar-refractivity contribution >= 4 is 11.9 Å². The molecule has 0 bridgehead atoms. The van der Waals surface area contributed by atoms with E-state index in [1.165, 1.54) is 4.68 Å². The van der Waals surface area contributed by atoms with Crippen LogP contribution in [0.1, 0.15) is 19.9 Å². The van der Waals surface area contributed by atoms with Gasteiger partial charge in [-0.05, 0) is 18.1 Å². The van der Waals surface area contributed by atoms with Gasteiger partial charge in [-0.2, -0.15) is 13.2 Å². The van der Waals surface area contributed by atoms with E-state index in [-0.39, 0.29) is 5.92 Å². The zero-order valence-electron chi connectivity index (χ0n) is 13.2. The molecule has 25 heavy (non-hydrogen) atoms. The van der Waals surface area contributed by atoms with Gasteiger partial charge < -0.3 is 10.2 Å². The first-order chi connectivity index (χ1) is 11.5. The summed E-state index contributed by atoms with van der Waals surface area (Å²) in [6.45, 7) is 3.68. The summed E-state index contributed by atoms with van der Waals surface area (Å²) >= 11 is 0. The Bertz CT molecular complexity index is 716. The summed E-state index contributed by atoms with van der Waals surface area (Å²) in [7, 11) is 0. The summed E-state index contributed by atoms with van der Waals surface area (Å²) in [4.78, 5) is 24.1. The molecule has 0 aliphatic rings. The highest BCUT2D eigenvalue weighted by molar-refractivity contribution is 5.73. The van der Waals surface area contributed by atoms with Gasteiger partial charge in [0.2, 0.25) is 0 Å². The van der Waals surface area contributed by atoms with E-state index in [2.05, 4.69) is 15.3 Å². The lowest BCUT2D eigenvalue weighted by molar-refractivity contribution is -0.192. The number of hydrogen-bond acceptors (Lipinski definition) is 5. The van der Waals surface area contributed by atoms with Gasteiger partial charge in [-0.1, -0.05) is 19.1 Å². The van der Waals surface area contributed by atoms with Crippen molar-refractivity contribution in [2.24, 2.45) is 5.92 Å². The fourth-order valence-corrected chi connectivity index (χ4v) is 1.76. The number of aliphatic carboxylic acids is 2. The number of carboxylic acids is 2. The van der Waals surface area contributed by atoms with Crippen LogP contribution in [-0.2, 0) is 9.59 Å². The summed E-state index contributed by atoms with van der Waals surface area (Å²) in [6, 6.07) is 2.95. The Labute approximate surface area is 139 Å². The van der Waals surface area contributed by atoms with Gasteiger partial charge in [0, 0.05) is 18.0 Å². The zero-order valence-corrected chi connectivity index (χ0v) is 13.2. The highest BCUT2D eigenvalue weighted by Gasteiger charge is 2.38. The highest BCUT2D eigenvalue weighted by atomic mass is 19.4. The third-order valence-corrected chi connectivity index (χ3v) is 2.88. The van der Waals surface area contributed by atoms with Crippen molar-refractivity contribution in [3.63, 3.8) is 0 Å². The number of hydrogen-bond donors (Lipinski definition) is 2. The van der Waals surface area contributed by atoms with Gasteiger partial charge in [0.15, 0.2) is 6.04 Å². The summed E-state index contributed by atoms with van der Waals surface area (Å²) in [6.07, 6.45) is -0.114. The Morgan fingerprint density at radius 3 is 2.24 bits per heavy atom. The standard InChI is InChI=1S/C12H14N4O2.C2HF3O2/c1-8(2)11(12(17)18)16-7-10(14-15-16)9-4-3-5-13-6-9;3-2(4,5)1(6)7/h3-8,11H,1-2H3,(H,17,18);(H,6,7). The number of carbonyl (C=O) groups is 2. The smallest absolute Gasteiger partial charge is 0.480 e. The second kappa shape index (κ2) is 8.22. The Hall–Kier alpha value is -2.98.